The number of hydrogen-bond acceptors (Lipinski definition) is 5. The number of amides is 1. The summed E-state index contributed by atoms with van der Waals surface area (Å²) in [6, 6.07) is 20.0. The largest absolute Gasteiger partial charge is 0.383 e. The van der Waals surface area contributed by atoms with Crippen LogP contribution in [-0.2, 0) is 17.9 Å². The molecule has 0 saturated carbocycles. The van der Waals surface area contributed by atoms with E-state index < -0.39 is 0 Å². The van der Waals surface area contributed by atoms with Crippen molar-refractivity contribution in [3.05, 3.63) is 91.4 Å². The number of fused-ring (bicyclic) bond motifs is 2. The number of hydrogen-bond donors (Lipinski definition) is 1. The fraction of sp³-hybridized carbons (Fsp3) is 0.120. The molecule has 164 valence electrons. The number of para-hydroxylation sites is 1. The second kappa shape index (κ2) is 8.58. The Morgan fingerprint density at radius 1 is 1.06 bits per heavy atom. The first-order valence-corrected chi connectivity index (χ1v) is 10.6. The van der Waals surface area contributed by atoms with E-state index in [1.165, 1.54) is 12.4 Å². The number of nitrogen functional groups attached to an aromatic ring is 1. The second-order valence-corrected chi connectivity index (χ2v) is 7.70. The minimum absolute atomic E-state index is 0.138. The van der Waals surface area contributed by atoms with Crippen LogP contribution in [0.2, 0.25) is 0 Å². The van der Waals surface area contributed by atoms with E-state index in [-0.39, 0.29) is 5.91 Å². The normalized spacial score (nSPS) is 11.2. The monoisotopic (exact) mass is 437 g/mol. The Hall–Kier alpha value is -4.46. The first-order valence-electron chi connectivity index (χ1n) is 10.6. The van der Waals surface area contributed by atoms with E-state index in [9.17, 15) is 4.79 Å². The molecule has 0 atom stereocenters. The van der Waals surface area contributed by atoms with Crippen LogP contribution in [-0.4, -0.2) is 41.7 Å². The molecule has 0 radical (unpaired) electrons. The topological polar surface area (TPSA) is 94.9 Å². The number of nitrogens with two attached hydrogens (primary N) is 1. The molecule has 2 aromatic carbocycles. The van der Waals surface area contributed by atoms with Gasteiger partial charge < -0.3 is 10.6 Å². The second-order valence-electron chi connectivity index (χ2n) is 7.70. The predicted octanol–water partition coefficient (Wildman–Crippen LogP) is 3.57. The number of anilines is 1. The van der Waals surface area contributed by atoms with Crippen LogP contribution in [0, 0.1) is 0 Å². The van der Waals surface area contributed by atoms with Gasteiger partial charge in [0, 0.05) is 19.3 Å². The van der Waals surface area contributed by atoms with Gasteiger partial charge in [-0.05, 0) is 29.2 Å². The zero-order chi connectivity index (χ0) is 22.8. The maximum atomic E-state index is 12.5. The summed E-state index contributed by atoms with van der Waals surface area (Å²) >= 11 is 0. The molecule has 2 N–H and O–H groups in total. The lowest BCUT2D eigenvalue weighted by Gasteiger charge is -2.21. The lowest BCUT2D eigenvalue weighted by molar-refractivity contribution is -0.126. The van der Waals surface area contributed by atoms with Crippen molar-refractivity contribution in [3.63, 3.8) is 0 Å². The lowest BCUT2D eigenvalue weighted by atomic mass is 10.2. The van der Waals surface area contributed by atoms with E-state index in [2.05, 4.69) is 16.5 Å². The third-order valence-electron chi connectivity index (χ3n) is 5.65. The van der Waals surface area contributed by atoms with Gasteiger partial charge in [0.25, 0.3) is 0 Å². The van der Waals surface area contributed by atoms with Crippen molar-refractivity contribution in [2.24, 2.45) is 0 Å². The van der Waals surface area contributed by atoms with Gasteiger partial charge in [-0.1, -0.05) is 55.1 Å². The zero-order valence-electron chi connectivity index (χ0n) is 18.0. The number of nitrogens with zero attached hydrogens (tertiary/aromatic N) is 6. The van der Waals surface area contributed by atoms with Crippen LogP contribution in [0.25, 0.3) is 27.8 Å². The van der Waals surface area contributed by atoms with Gasteiger partial charge in [0.1, 0.15) is 17.5 Å². The van der Waals surface area contributed by atoms with Crippen LogP contribution in [0.5, 0.6) is 0 Å². The van der Waals surface area contributed by atoms with Gasteiger partial charge in [0.05, 0.1) is 12.1 Å². The van der Waals surface area contributed by atoms with Crippen LogP contribution >= 0.6 is 0 Å². The fourth-order valence-electron chi connectivity index (χ4n) is 4.02. The zero-order valence-corrected chi connectivity index (χ0v) is 18.0. The van der Waals surface area contributed by atoms with Gasteiger partial charge in [0.15, 0.2) is 11.5 Å². The van der Waals surface area contributed by atoms with Gasteiger partial charge in [-0.3, -0.25) is 9.36 Å². The van der Waals surface area contributed by atoms with E-state index >= 15 is 0 Å². The summed E-state index contributed by atoms with van der Waals surface area (Å²) in [5.74, 6) is 0.886. The molecule has 3 heterocycles. The molecule has 0 spiro atoms. The van der Waals surface area contributed by atoms with Crippen molar-refractivity contribution in [2.75, 3.05) is 12.3 Å². The number of rotatable bonds is 7. The third-order valence-corrected chi connectivity index (χ3v) is 5.65. The number of carbonyl (C=O) groups excluding carboxylic acids is 1. The summed E-state index contributed by atoms with van der Waals surface area (Å²) in [5.41, 5.74) is 8.94. The molecule has 5 rings (SSSR count). The Bertz CT molecular complexity index is 1450. The maximum Gasteiger partial charge on any atom is 0.246 e. The fourth-order valence-corrected chi connectivity index (χ4v) is 4.02. The molecule has 0 fully saturated rings. The molecular formula is C25H23N7O. The van der Waals surface area contributed by atoms with Gasteiger partial charge in [-0.2, -0.15) is 5.10 Å². The Morgan fingerprint density at radius 3 is 2.67 bits per heavy atom. The molecule has 0 unspecified atom stereocenters. The van der Waals surface area contributed by atoms with Gasteiger partial charge in [-0.15, -0.1) is 0 Å². The first-order chi connectivity index (χ1) is 16.2. The van der Waals surface area contributed by atoms with Crippen LogP contribution in [0.3, 0.4) is 0 Å². The quantitative estimate of drug-likeness (QED) is 0.393. The standard InChI is InChI=1S/C25H23N7O/c1-2-21(33)30(16-18-8-4-3-5-9-18)14-15-32-24-22(23(26)27-17-28-24)25(29-32)31-13-12-19-10-6-7-11-20(19)31/h2-13,17H,1,14-16H2,(H2,26,27,28). The van der Waals surface area contributed by atoms with Crippen LogP contribution in [0.4, 0.5) is 5.82 Å². The molecule has 0 aliphatic heterocycles. The SMILES string of the molecule is C=CC(=O)N(CCn1nc(-n2ccc3ccccc32)c2c(N)ncnc21)Cc1ccccc1. The summed E-state index contributed by atoms with van der Waals surface area (Å²) in [6.07, 6.45) is 4.73. The molecule has 0 bridgehead atoms. The highest BCUT2D eigenvalue weighted by Gasteiger charge is 2.19. The summed E-state index contributed by atoms with van der Waals surface area (Å²) in [4.78, 5) is 22.9. The molecule has 33 heavy (non-hydrogen) atoms. The smallest absolute Gasteiger partial charge is 0.246 e. The molecule has 8 heteroatoms. The molecule has 0 aliphatic carbocycles. The summed E-state index contributed by atoms with van der Waals surface area (Å²) in [5, 5.41) is 6.62. The summed E-state index contributed by atoms with van der Waals surface area (Å²) < 4.78 is 3.77. The number of carbonyl (C=O) groups is 1. The number of aromatic nitrogens is 5. The molecule has 5 aromatic rings. The molecule has 3 aromatic heterocycles. The van der Waals surface area contributed by atoms with E-state index in [1.54, 1.807) is 9.58 Å². The predicted molar refractivity (Wildman–Crippen MR) is 129 cm³/mol. The summed E-state index contributed by atoms with van der Waals surface area (Å²) in [6.45, 7) is 5.02. The third kappa shape index (κ3) is 3.82. The average Bonchev–Trinajstić information content (AvgIpc) is 3.44. The van der Waals surface area contributed by atoms with Crippen molar-refractivity contribution in [1.29, 1.82) is 0 Å². The van der Waals surface area contributed by atoms with E-state index in [4.69, 9.17) is 10.8 Å². The van der Waals surface area contributed by atoms with Crippen molar-refractivity contribution >= 4 is 33.7 Å². The summed E-state index contributed by atoms with van der Waals surface area (Å²) in [7, 11) is 0. The Labute approximate surface area is 190 Å². The highest BCUT2D eigenvalue weighted by molar-refractivity contribution is 5.94. The maximum absolute atomic E-state index is 12.5. The highest BCUT2D eigenvalue weighted by Crippen LogP contribution is 2.28. The van der Waals surface area contributed by atoms with E-state index in [0.29, 0.717) is 42.3 Å². The Morgan fingerprint density at radius 2 is 1.85 bits per heavy atom. The van der Waals surface area contributed by atoms with Crippen molar-refractivity contribution in [2.45, 2.75) is 13.1 Å². The van der Waals surface area contributed by atoms with E-state index in [1.807, 2.05) is 71.4 Å². The van der Waals surface area contributed by atoms with Gasteiger partial charge in [-0.25, -0.2) is 14.6 Å². The van der Waals surface area contributed by atoms with Crippen LogP contribution < -0.4 is 5.73 Å². The molecule has 8 nitrogen and oxygen atoms in total. The Kier molecular flexibility index (Phi) is 5.32. The number of benzene rings is 2. The minimum Gasteiger partial charge on any atom is -0.383 e. The van der Waals surface area contributed by atoms with Crippen LogP contribution in [0.15, 0.2) is 85.8 Å². The average molecular weight is 438 g/mol. The highest BCUT2D eigenvalue weighted by atomic mass is 16.2. The molecular weight excluding hydrogens is 414 g/mol. The van der Waals surface area contributed by atoms with Crippen molar-refractivity contribution in [1.82, 2.24) is 29.2 Å². The van der Waals surface area contributed by atoms with E-state index in [0.717, 1.165) is 16.5 Å². The van der Waals surface area contributed by atoms with Gasteiger partial charge >= 0.3 is 0 Å². The van der Waals surface area contributed by atoms with Crippen molar-refractivity contribution in [3.8, 4) is 5.82 Å². The molecule has 1 amide bonds. The minimum atomic E-state index is -0.138. The molecule has 0 aliphatic rings. The lowest BCUT2D eigenvalue weighted by Crippen LogP contribution is -2.32. The van der Waals surface area contributed by atoms with Crippen molar-refractivity contribution < 1.29 is 4.79 Å². The van der Waals surface area contributed by atoms with Gasteiger partial charge in [0.2, 0.25) is 5.91 Å². The molecule has 0 saturated heterocycles. The first kappa shape index (κ1) is 20.4. The van der Waals surface area contributed by atoms with Crippen LogP contribution in [0.1, 0.15) is 5.56 Å². The Balaban J connectivity index is 1.51.